The molecule has 2 N–H and O–H groups in total. The summed E-state index contributed by atoms with van der Waals surface area (Å²) in [6.45, 7) is 2.10. The average Bonchev–Trinajstić information content (AvgIpc) is 2.63. The molecule has 0 amide bonds. The number of halogens is 3. The molecule has 2 unspecified atom stereocenters. The van der Waals surface area contributed by atoms with E-state index in [9.17, 15) is 18.3 Å². The summed E-state index contributed by atoms with van der Waals surface area (Å²) < 4.78 is 37.3. The highest BCUT2D eigenvalue weighted by Gasteiger charge is 2.43. The van der Waals surface area contributed by atoms with Crippen molar-refractivity contribution in [1.29, 1.82) is 0 Å². The first-order valence-corrected chi connectivity index (χ1v) is 5.68. The number of likely N-dealkylation sites (tertiary alicyclic amines) is 1. The molecule has 94 valence electrons. The highest BCUT2D eigenvalue weighted by atomic mass is 19.4. The molecule has 2 aliphatic rings. The predicted octanol–water partition coefficient (Wildman–Crippen LogP) is 0.593. The summed E-state index contributed by atoms with van der Waals surface area (Å²) in [5.74, 6) is -1.16. The Hall–Kier alpha value is -0.330. The normalized spacial score (nSPS) is 34.5. The predicted molar refractivity (Wildman–Crippen MR) is 53.0 cm³/mol. The lowest BCUT2D eigenvalue weighted by atomic mass is 9.95. The lowest BCUT2D eigenvalue weighted by Gasteiger charge is -2.37. The number of alkyl halides is 3. The van der Waals surface area contributed by atoms with Gasteiger partial charge in [-0.05, 0) is 25.9 Å². The first-order valence-electron chi connectivity index (χ1n) is 5.68. The summed E-state index contributed by atoms with van der Waals surface area (Å²) in [5, 5.41) is 12.7. The molecule has 2 saturated heterocycles. The van der Waals surface area contributed by atoms with Gasteiger partial charge in [-0.3, -0.25) is 4.90 Å². The van der Waals surface area contributed by atoms with Gasteiger partial charge in [-0.15, -0.1) is 0 Å². The minimum absolute atomic E-state index is 0.00539. The van der Waals surface area contributed by atoms with Crippen LogP contribution in [0.1, 0.15) is 12.8 Å². The van der Waals surface area contributed by atoms with Crippen LogP contribution in [-0.4, -0.2) is 54.5 Å². The monoisotopic (exact) mass is 238 g/mol. The van der Waals surface area contributed by atoms with Gasteiger partial charge in [-0.1, -0.05) is 0 Å². The fourth-order valence-corrected chi connectivity index (χ4v) is 2.58. The molecular weight excluding hydrogens is 221 g/mol. The Balaban J connectivity index is 1.85. The van der Waals surface area contributed by atoms with Crippen LogP contribution >= 0.6 is 0 Å². The van der Waals surface area contributed by atoms with Crippen LogP contribution in [0.15, 0.2) is 0 Å². The molecule has 2 aliphatic heterocycles. The van der Waals surface area contributed by atoms with Crippen LogP contribution < -0.4 is 5.32 Å². The second-order valence-electron chi connectivity index (χ2n) is 4.64. The summed E-state index contributed by atoms with van der Waals surface area (Å²) in [6.07, 6.45) is -4.18. The maximum atomic E-state index is 12.4. The van der Waals surface area contributed by atoms with Crippen molar-refractivity contribution in [2.45, 2.75) is 31.2 Å². The van der Waals surface area contributed by atoms with E-state index in [1.165, 1.54) is 0 Å². The van der Waals surface area contributed by atoms with Crippen LogP contribution in [0, 0.1) is 5.92 Å². The van der Waals surface area contributed by atoms with Gasteiger partial charge in [0.25, 0.3) is 0 Å². The first-order chi connectivity index (χ1) is 7.48. The minimum Gasteiger partial charge on any atom is -0.390 e. The zero-order valence-corrected chi connectivity index (χ0v) is 9.00. The maximum Gasteiger partial charge on any atom is 0.391 e. The van der Waals surface area contributed by atoms with E-state index in [4.69, 9.17) is 0 Å². The van der Waals surface area contributed by atoms with Crippen molar-refractivity contribution in [1.82, 2.24) is 10.2 Å². The number of aliphatic hydroxyl groups excluding tert-OH is 1. The zero-order valence-electron chi connectivity index (χ0n) is 9.00. The molecular formula is C10H17F3N2O. The van der Waals surface area contributed by atoms with Gasteiger partial charge in [-0.2, -0.15) is 13.2 Å². The minimum atomic E-state index is -4.06. The van der Waals surface area contributed by atoms with E-state index < -0.39 is 18.2 Å². The van der Waals surface area contributed by atoms with Crippen molar-refractivity contribution in [2.24, 2.45) is 5.92 Å². The Morgan fingerprint density at radius 1 is 1.12 bits per heavy atom. The van der Waals surface area contributed by atoms with E-state index >= 15 is 0 Å². The van der Waals surface area contributed by atoms with E-state index in [-0.39, 0.29) is 18.9 Å². The Morgan fingerprint density at radius 2 is 1.75 bits per heavy atom. The van der Waals surface area contributed by atoms with Crippen molar-refractivity contribution >= 4 is 0 Å². The largest absolute Gasteiger partial charge is 0.391 e. The van der Waals surface area contributed by atoms with Gasteiger partial charge < -0.3 is 10.4 Å². The molecule has 0 spiro atoms. The molecule has 6 heteroatoms. The van der Waals surface area contributed by atoms with E-state index in [1.54, 1.807) is 0 Å². The van der Waals surface area contributed by atoms with Crippen LogP contribution in [0.2, 0.25) is 0 Å². The topological polar surface area (TPSA) is 35.5 Å². The highest BCUT2D eigenvalue weighted by Crippen LogP contribution is 2.34. The van der Waals surface area contributed by atoms with Crippen LogP contribution in [0.3, 0.4) is 0 Å². The van der Waals surface area contributed by atoms with E-state index in [0.717, 1.165) is 0 Å². The highest BCUT2D eigenvalue weighted by molar-refractivity contribution is 4.91. The Morgan fingerprint density at radius 3 is 2.19 bits per heavy atom. The van der Waals surface area contributed by atoms with Crippen molar-refractivity contribution in [2.75, 3.05) is 26.2 Å². The molecule has 3 nitrogen and oxygen atoms in total. The third kappa shape index (κ3) is 2.49. The van der Waals surface area contributed by atoms with Gasteiger partial charge in [0.2, 0.25) is 0 Å². The van der Waals surface area contributed by atoms with Crippen LogP contribution in [0.4, 0.5) is 13.2 Å². The number of nitrogens with zero attached hydrogens (tertiary/aromatic N) is 1. The Bertz CT molecular complexity index is 239. The van der Waals surface area contributed by atoms with E-state index in [1.807, 2.05) is 4.90 Å². The quantitative estimate of drug-likeness (QED) is 0.702. The van der Waals surface area contributed by atoms with E-state index in [2.05, 4.69) is 5.32 Å². The van der Waals surface area contributed by atoms with Crippen LogP contribution in [0.25, 0.3) is 0 Å². The Kier molecular flexibility index (Phi) is 3.42. The number of rotatable bonds is 1. The maximum absolute atomic E-state index is 12.4. The average molecular weight is 238 g/mol. The second kappa shape index (κ2) is 4.50. The van der Waals surface area contributed by atoms with Gasteiger partial charge in [0.15, 0.2) is 0 Å². The zero-order chi connectivity index (χ0) is 11.8. The summed E-state index contributed by atoms with van der Waals surface area (Å²) in [5.41, 5.74) is 0. The molecule has 0 radical (unpaired) electrons. The molecule has 0 bridgehead atoms. The number of nitrogens with one attached hydrogen (secondary N) is 1. The third-order valence-corrected chi connectivity index (χ3v) is 3.61. The Labute approximate surface area is 92.6 Å². The van der Waals surface area contributed by atoms with Crippen molar-refractivity contribution in [3.8, 4) is 0 Å². The fraction of sp³-hybridized carbons (Fsp3) is 1.00. The lowest BCUT2D eigenvalue weighted by Crippen LogP contribution is -2.48. The molecule has 0 saturated carbocycles. The third-order valence-electron chi connectivity index (χ3n) is 3.61. The number of β-amino-alcohol motifs (C(OH)–C–C–N with tert-alkyl or cyclic N) is 1. The standard InChI is InChI=1S/C10H17F3N2O/c11-10(12,13)7-1-3-15(4-2-7)8-5-14-6-9(8)16/h7-9,14,16H,1-6H2. The van der Waals surface area contributed by atoms with Gasteiger partial charge >= 0.3 is 6.18 Å². The fourth-order valence-electron chi connectivity index (χ4n) is 2.58. The van der Waals surface area contributed by atoms with Gasteiger partial charge in [0, 0.05) is 19.1 Å². The van der Waals surface area contributed by atoms with Crippen LogP contribution in [0.5, 0.6) is 0 Å². The molecule has 2 atom stereocenters. The van der Waals surface area contributed by atoms with Gasteiger partial charge in [0.05, 0.1) is 12.0 Å². The molecule has 2 rings (SSSR count). The SMILES string of the molecule is OC1CNCC1N1CCC(C(F)(F)F)CC1. The van der Waals surface area contributed by atoms with Gasteiger partial charge in [-0.25, -0.2) is 0 Å². The summed E-state index contributed by atoms with van der Waals surface area (Å²) in [7, 11) is 0. The molecule has 0 aromatic rings. The molecule has 0 aromatic carbocycles. The smallest absolute Gasteiger partial charge is 0.390 e. The number of aliphatic hydroxyl groups is 1. The summed E-state index contributed by atoms with van der Waals surface area (Å²) >= 11 is 0. The molecule has 2 heterocycles. The molecule has 0 aromatic heterocycles. The van der Waals surface area contributed by atoms with Crippen LogP contribution in [-0.2, 0) is 0 Å². The summed E-state index contributed by atoms with van der Waals surface area (Å²) in [4.78, 5) is 1.98. The summed E-state index contributed by atoms with van der Waals surface area (Å²) in [6, 6.07) is -0.00539. The molecule has 16 heavy (non-hydrogen) atoms. The van der Waals surface area contributed by atoms with E-state index in [0.29, 0.717) is 26.2 Å². The first kappa shape index (κ1) is 12.1. The number of hydrogen-bond acceptors (Lipinski definition) is 3. The molecule has 0 aliphatic carbocycles. The lowest BCUT2D eigenvalue weighted by molar-refractivity contribution is -0.186. The number of hydrogen-bond donors (Lipinski definition) is 2. The second-order valence-corrected chi connectivity index (χ2v) is 4.64. The van der Waals surface area contributed by atoms with Crippen molar-refractivity contribution in [3.05, 3.63) is 0 Å². The van der Waals surface area contributed by atoms with Crippen molar-refractivity contribution in [3.63, 3.8) is 0 Å². The van der Waals surface area contributed by atoms with Crippen molar-refractivity contribution < 1.29 is 18.3 Å². The van der Waals surface area contributed by atoms with Gasteiger partial charge in [0.1, 0.15) is 0 Å². The number of piperidine rings is 1. The molecule has 2 fully saturated rings.